The van der Waals surface area contributed by atoms with Gasteiger partial charge in [0.15, 0.2) is 6.10 Å². The van der Waals surface area contributed by atoms with Crippen molar-refractivity contribution in [1.29, 1.82) is 0 Å². The van der Waals surface area contributed by atoms with Crippen molar-refractivity contribution in [3.8, 4) is 5.75 Å². The summed E-state index contributed by atoms with van der Waals surface area (Å²) in [5, 5.41) is 0. The third kappa shape index (κ3) is 8.10. The highest BCUT2D eigenvalue weighted by atomic mass is 16.6. The molecule has 0 amide bonds. The lowest BCUT2D eigenvalue weighted by Crippen LogP contribution is -2.28. The number of hydrogen-bond acceptors (Lipinski definition) is 5. The van der Waals surface area contributed by atoms with Crippen molar-refractivity contribution in [2.45, 2.75) is 58.7 Å². The molecule has 1 aliphatic rings. The van der Waals surface area contributed by atoms with Gasteiger partial charge in [-0.1, -0.05) is 105 Å². The van der Waals surface area contributed by atoms with E-state index in [1.54, 1.807) is 6.92 Å². The molecule has 3 unspecified atom stereocenters. The number of esters is 1. The van der Waals surface area contributed by atoms with Crippen LogP contribution in [0.1, 0.15) is 84.2 Å². The smallest absolute Gasteiger partial charge is 0.335 e. The second-order valence-corrected chi connectivity index (χ2v) is 11.3. The number of ether oxygens (including phenoxy) is 4. The van der Waals surface area contributed by atoms with Crippen molar-refractivity contribution in [3.63, 3.8) is 0 Å². The van der Waals surface area contributed by atoms with E-state index >= 15 is 0 Å². The van der Waals surface area contributed by atoms with Gasteiger partial charge in [0, 0.05) is 18.9 Å². The van der Waals surface area contributed by atoms with Crippen LogP contribution in [0.3, 0.4) is 0 Å². The molecule has 5 nitrogen and oxygen atoms in total. The quantitative estimate of drug-likeness (QED) is 0.107. The van der Waals surface area contributed by atoms with Crippen molar-refractivity contribution >= 4 is 18.1 Å². The van der Waals surface area contributed by atoms with Gasteiger partial charge in [-0.05, 0) is 76.9 Å². The van der Waals surface area contributed by atoms with Crippen LogP contribution in [0.25, 0.3) is 12.2 Å². The average molecular weight is 605 g/mol. The first-order chi connectivity index (χ1) is 22.0. The van der Waals surface area contributed by atoms with Crippen molar-refractivity contribution in [1.82, 2.24) is 0 Å². The Hall–Kier alpha value is -4.19. The molecule has 1 aliphatic carbocycles. The van der Waals surface area contributed by atoms with Crippen LogP contribution in [-0.2, 0) is 31.8 Å². The molecule has 234 valence electrons. The highest BCUT2D eigenvalue weighted by Crippen LogP contribution is 2.38. The summed E-state index contributed by atoms with van der Waals surface area (Å²) < 4.78 is 23.5. The fourth-order valence-electron chi connectivity index (χ4n) is 5.84. The summed E-state index contributed by atoms with van der Waals surface area (Å²) in [5.74, 6) is 0.708. The van der Waals surface area contributed by atoms with Gasteiger partial charge in [0.25, 0.3) is 0 Å². The van der Waals surface area contributed by atoms with Gasteiger partial charge in [0.2, 0.25) is 0 Å². The van der Waals surface area contributed by atoms with Crippen molar-refractivity contribution in [2.75, 3.05) is 26.4 Å². The van der Waals surface area contributed by atoms with Crippen molar-refractivity contribution in [3.05, 3.63) is 136 Å². The zero-order chi connectivity index (χ0) is 31.6. The maximum Gasteiger partial charge on any atom is 0.335 e. The number of hydrogen-bond donors (Lipinski definition) is 0. The number of fused-ring (bicyclic) bond motifs is 2. The number of aryl methyl sites for hydroxylation is 1. The van der Waals surface area contributed by atoms with Crippen LogP contribution in [0, 0.1) is 0 Å². The van der Waals surface area contributed by atoms with Gasteiger partial charge in [-0.25, -0.2) is 4.79 Å². The molecule has 0 fully saturated rings. The third-order valence-electron chi connectivity index (χ3n) is 8.38. The minimum atomic E-state index is -0.610. The molecule has 5 rings (SSSR count). The van der Waals surface area contributed by atoms with Gasteiger partial charge in [0.1, 0.15) is 18.5 Å². The number of rotatable bonds is 14. The minimum Gasteiger partial charge on any atom is -0.491 e. The third-order valence-corrected chi connectivity index (χ3v) is 8.38. The maximum absolute atomic E-state index is 12.2. The van der Waals surface area contributed by atoms with E-state index in [9.17, 15) is 4.79 Å². The lowest BCUT2D eigenvalue weighted by atomic mass is 9.89. The van der Waals surface area contributed by atoms with Gasteiger partial charge in [-0.15, -0.1) is 0 Å². The first kappa shape index (κ1) is 32.2. The largest absolute Gasteiger partial charge is 0.491 e. The van der Waals surface area contributed by atoms with Gasteiger partial charge in [0.05, 0.1) is 13.2 Å². The van der Waals surface area contributed by atoms with E-state index in [4.69, 9.17) is 18.9 Å². The molecule has 0 aliphatic heterocycles. The molecule has 0 aromatic heterocycles. The summed E-state index contributed by atoms with van der Waals surface area (Å²) in [6.07, 6.45) is 5.08. The lowest BCUT2D eigenvalue weighted by molar-refractivity contribution is -0.156. The second-order valence-electron chi connectivity index (χ2n) is 11.3. The molecule has 0 bridgehead atoms. The average Bonchev–Trinajstić information content (AvgIpc) is 3.23. The molecule has 0 heterocycles. The van der Waals surface area contributed by atoms with E-state index in [0.29, 0.717) is 32.8 Å². The second kappa shape index (κ2) is 15.7. The van der Waals surface area contributed by atoms with Crippen LogP contribution in [0.15, 0.2) is 91.0 Å². The summed E-state index contributed by atoms with van der Waals surface area (Å²) in [5.41, 5.74) is 9.58. The highest BCUT2D eigenvalue weighted by Gasteiger charge is 2.24. The molecule has 0 saturated heterocycles. The monoisotopic (exact) mass is 604 g/mol. The van der Waals surface area contributed by atoms with E-state index in [1.807, 2.05) is 31.2 Å². The summed E-state index contributed by atoms with van der Waals surface area (Å²) >= 11 is 0. The predicted octanol–water partition coefficient (Wildman–Crippen LogP) is 8.58. The fourth-order valence-corrected chi connectivity index (χ4v) is 5.84. The Morgan fingerprint density at radius 2 is 1.42 bits per heavy atom. The molecule has 4 aromatic carbocycles. The van der Waals surface area contributed by atoms with Crippen LogP contribution in [0.2, 0.25) is 0 Å². The Morgan fingerprint density at radius 1 is 0.733 bits per heavy atom. The van der Waals surface area contributed by atoms with Crippen LogP contribution >= 0.6 is 0 Å². The Bertz CT molecular complexity index is 1570. The molecule has 4 aromatic rings. The van der Waals surface area contributed by atoms with Crippen molar-refractivity contribution in [2.24, 2.45) is 0 Å². The molecule has 45 heavy (non-hydrogen) atoms. The van der Waals surface area contributed by atoms with E-state index in [2.05, 4.69) is 92.7 Å². The zero-order valence-electron chi connectivity index (χ0n) is 26.8. The molecule has 0 spiro atoms. The standard InChI is InChI=1S/C40H44O5/c1-5-29-15-21-36-33(25-29)16-17-34-27-32(28(4)31-11-9-8-10-12-31)18-22-37(34)39(36)45-24-23-44-35-19-13-30(14-20-35)26-38(42-6-2)40(41)43-7-3/h8-22,25,27-28,38-39H,5-7,23-24,26H2,1-4H3. The SMILES string of the molecule is CCOC(=O)C(Cc1ccc(OCCOC2c3ccc(CC)cc3C=Cc3cc(C(C)c4ccccc4)ccc32)cc1)OCC. The maximum atomic E-state index is 12.2. The Labute approximate surface area is 267 Å². The fraction of sp³-hybridized carbons (Fsp3) is 0.325. The molecule has 0 radical (unpaired) electrons. The van der Waals surface area contributed by atoms with E-state index < -0.39 is 6.10 Å². The normalized spacial score (nSPS) is 15.0. The number of benzene rings is 4. The van der Waals surface area contributed by atoms with Gasteiger partial charge in [-0.3, -0.25) is 0 Å². The molecular formula is C40H44O5. The van der Waals surface area contributed by atoms with Crippen LogP contribution in [-0.4, -0.2) is 38.5 Å². The predicted molar refractivity (Wildman–Crippen MR) is 181 cm³/mol. The van der Waals surface area contributed by atoms with E-state index in [-0.39, 0.29) is 18.0 Å². The van der Waals surface area contributed by atoms with Gasteiger partial charge < -0.3 is 18.9 Å². The zero-order valence-corrected chi connectivity index (χ0v) is 26.8. The molecule has 5 heteroatoms. The Balaban J connectivity index is 1.28. The van der Waals surface area contributed by atoms with Gasteiger partial charge >= 0.3 is 5.97 Å². The Kier molecular flexibility index (Phi) is 11.2. The first-order valence-electron chi connectivity index (χ1n) is 16.1. The minimum absolute atomic E-state index is 0.207. The van der Waals surface area contributed by atoms with Crippen molar-refractivity contribution < 1.29 is 23.7 Å². The van der Waals surface area contributed by atoms with Crippen LogP contribution < -0.4 is 4.74 Å². The van der Waals surface area contributed by atoms with E-state index in [0.717, 1.165) is 23.3 Å². The molecule has 0 saturated carbocycles. The van der Waals surface area contributed by atoms with E-state index in [1.165, 1.54) is 33.4 Å². The number of carbonyl (C=O) groups is 1. The summed E-state index contributed by atoms with van der Waals surface area (Å²) in [6, 6.07) is 31.9. The lowest BCUT2D eigenvalue weighted by Gasteiger charge is -2.23. The topological polar surface area (TPSA) is 54.0 Å². The van der Waals surface area contributed by atoms with Gasteiger partial charge in [-0.2, -0.15) is 0 Å². The summed E-state index contributed by atoms with van der Waals surface area (Å²) in [7, 11) is 0. The molecular weight excluding hydrogens is 560 g/mol. The molecule has 0 N–H and O–H groups in total. The van der Waals surface area contributed by atoms with Crippen LogP contribution in [0.4, 0.5) is 0 Å². The first-order valence-corrected chi connectivity index (χ1v) is 16.1. The summed E-state index contributed by atoms with van der Waals surface area (Å²) in [6.45, 7) is 9.74. The highest BCUT2D eigenvalue weighted by molar-refractivity contribution is 5.77. The van der Waals surface area contributed by atoms with Crippen LogP contribution in [0.5, 0.6) is 5.75 Å². The summed E-state index contributed by atoms with van der Waals surface area (Å²) in [4.78, 5) is 12.2. The molecule has 3 atom stereocenters. The Morgan fingerprint density at radius 3 is 2.11 bits per heavy atom. The number of carbonyl (C=O) groups excluding carboxylic acids is 1.